The summed E-state index contributed by atoms with van der Waals surface area (Å²) in [6, 6.07) is 0.278. The Hall–Kier alpha value is -0.750. The number of nitrogens with one attached hydrogen (secondary N) is 1. The minimum atomic E-state index is -0.818. The molecule has 16 heavy (non-hydrogen) atoms. The van der Waals surface area contributed by atoms with Crippen LogP contribution in [0.25, 0.3) is 0 Å². The summed E-state index contributed by atoms with van der Waals surface area (Å²) in [5.74, 6) is 2.71. The Balaban J connectivity index is 1.91. The molecule has 90 valence electrons. The molecule has 0 radical (unpaired) electrons. The number of nitrogens with zero attached hydrogens (tertiary/aromatic N) is 3. The highest BCUT2D eigenvalue weighted by Crippen LogP contribution is 2.10. The average Bonchev–Trinajstić information content (AvgIpc) is 2.59. The normalized spacial score (nSPS) is 18.7. The Bertz CT molecular complexity index is 373. The Labute approximate surface area is 98.1 Å². The van der Waals surface area contributed by atoms with Gasteiger partial charge >= 0.3 is 0 Å². The van der Waals surface area contributed by atoms with Crippen LogP contribution in [0.4, 0.5) is 0 Å². The molecule has 1 unspecified atom stereocenters. The lowest BCUT2D eigenvalue weighted by molar-refractivity contribution is 0.382. The van der Waals surface area contributed by atoms with Gasteiger partial charge in [0, 0.05) is 35.7 Å². The van der Waals surface area contributed by atoms with Gasteiger partial charge in [-0.2, -0.15) is 5.10 Å². The van der Waals surface area contributed by atoms with Gasteiger partial charge in [-0.15, -0.1) is 0 Å². The van der Waals surface area contributed by atoms with Crippen LogP contribution in [0.3, 0.4) is 0 Å². The number of rotatable bonds is 5. The Morgan fingerprint density at radius 1 is 1.62 bits per heavy atom. The van der Waals surface area contributed by atoms with E-state index in [0.29, 0.717) is 11.7 Å². The fraction of sp³-hybridized carbons (Fsp3) is 0.800. The zero-order valence-corrected chi connectivity index (χ0v) is 10.5. The van der Waals surface area contributed by atoms with E-state index in [4.69, 9.17) is 0 Å². The quantitative estimate of drug-likeness (QED) is 0.808. The van der Waals surface area contributed by atoms with E-state index in [1.807, 2.05) is 4.68 Å². The second kappa shape index (κ2) is 5.05. The molecule has 0 bridgehead atoms. The van der Waals surface area contributed by atoms with E-state index < -0.39 is 10.8 Å². The summed E-state index contributed by atoms with van der Waals surface area (Å²) in [7, 11) is -0.818. The maximum Gasteiger partial charge on any atom is 0.139 e. The summed E-state index contributed by atoms with van der Waals surface area (Å²) in [6.45, 7) is 6.11. The van der Waals surface area contributed by atoms with Crippen molar-refractivity contribution in [2.24, 2.45) is 5.92 Å². The third-order valence-corrected chi connectivity index (χ3v) is 4.14. The van der Waals surface area contributed by atoms with Crippen molar-refractivity contribution in [2.45, 2.75) is 25.6 Å². The van der Waals surface area contributed by atoms with Gasteiger partial charge < -0.3 is 5.32 Å². The molecule has 0 aromatic carbocycles. The van der Waals surface area contributed by atoms with Crippen LogP contribution in [0.2, 0.25) is 0 Å². The smallest absolute Gasteiger partial charge is 0.139 e. The molecule has 6 heteroatoms. The van der Waals surface area contributed by atoms with Crippen molar-refractivity contribution in [3.63, 3.8) is 0 Å². The van der Waals surface area contributed by atoms with Crippen LogP contribution in [0.1, 0.15) is 25.7 Å². The van der Waals surface area contributed by atoms with Crippen molar-refractivity contribution in [3.05, 3.63) is 12.2 Å². The molecule has 1 N–H and O–H groups in total. The molecule has 0 spiro atoms. The zero-order valence-electron chi connectivity index (χ0n) is 9.72. The summed E-state index contributed by atoms with van der Waals surface area (Å²) in [5.41, 5.74) is 0. The van der Waals surface area contributed by atoms with Gasteiger partial charge in [0.25, 0.3) is 0 Å². The standard InChI is InChI=1S/C10H18N4OS/c1-8(2)14-10(12-7-13-14)6-16(15)5-9-3-11-4-9/h7-9,11H,3-6H2,1-2H3. The van der Waals surface area contributed by atoms with E-state index in [1.165, 1.54) is 6.33 Å². The molecular weight excluding hydrogens is 224 g/mol. The second-order valence-electron chi connectivity index (χ2n) is 4.49. The molecule has 1 aromatic heterocycles. The van der Waals surface area contributed by atoms with Gasteiger partial charge in [-0.1, -0.05) is 0 Å². The number of hydrogen-bond donors (Lipinski definition) is 1. The molecule has 2 heterocycles. The lowest BCUT2D eigenvalue weighted by Gasteiger charge is -2.26. The van der Waals surface area contributed by atoms with Gasteiger partial charge in [0.15, 0.2) is 0 Å². The molecule has 1 aromatic rings. The summed E-state index contributed by atoms with van der Waals surface area (Å²) in [4.78, 5) is 4.17. The van der Waals surface area contributed by atoms with E-state index in [-0.39, 0.29) is 6.04 Å². The van der Waals surface area contributed by atoms with Crippen LogP contribution in [-0.4, -0.2) is 37.8 Å². The van der Waals surface area contributed by atoms with E-state index in [9.17, 15) is 4.21 Å². The fourth-order valence-corrected chi connectivity index (χ4v) is 3.11. The molecule has 0 saturated carbocycles. The lowest BCUT2D eigenvalue weighted by atomic mass is 10.1. The molecule has 2 rings (SSSR count). The molecule has 1 atom stereocenters. The molecule has 1 saturated heterocycles. The predicted octanol–water partition coefficient (Wildman–Crippen LogP) is 0.327. The van der Waals surface area contributed by atoms with Crippen LogP contribution in [0.5, 0.6) is 0 Å². The lowest BCUT2D eigenvalue weighted by Crippen LogP contribution is -2.44. The van der Waals surface area contributed by atoms with Gasteiger partial charge in [-0.25, -0.2) is 9.67 Å². The molecular formula is C10H18N4OS. The number of hydrogen-bond acceptors (Lipinski definition) is 4. The Kier molecular flexibility index (Phi) is 3.70. The van der Waals surface area contributed by atoms with Crippen LogP contribution < -0.4 is 5.32 Å². The topological polar surface area (TPSA) is 59.8 Å². The first-order chi connectivity index (χ1) is 7.66. The van der Waals surface area contributed by atoms with E-state index in [1.54, 1.807) is 0 Å². The highest BCUT2D eigenvalue weighted by Gasteiger charge is 2.20. The Morgan fingerprint density at radius 2 is 2.38 bits per heavy atom. The summed E-state index contributed by atoms with van der Waals surface area (Å²) in [6.07, 6.45) is 1.54. The van der Waals surface area contributed by atoms with Crippen molar-refractivity contribution in [3.8, 4) is 0 Å². The first kappa shape index (κ1) is 11.7. The Morgan fingerprint density at radius 3 is 2.94 bits per heavy atom. The van der Waals surface area contributed by atoms with Crippen molar-refractivity contribution >= 4 is 10.8 Å². The highest BCUT2D eigenvalue weighted by molar-refractivity contribution is 7.84. The van der Waals surface area contributed by atoms with Crippen LogP contribution in [0.15, 0.2) is 6.33 Å². The highest BCUT2D eigenvalue weighted by atomic mass is 32.2. The molecule has 0 aliphatic carbocycles. The minimum Gasteiger partial charge on any atom is -0.316 e. The molecule has 0 amide bonds. The molecule has 1 fully saturated rings. The first-order valence-electron chi connectivity index (χ1n) is 5.61. The number of aromatic nitrogens is 3. The molecule has 5 nitrogen and oxygen atoms in total. The van der Waals surface area contributed by atoms with E-state index >= 15 is 0 Å². The van der Waals surface area contributed by atoms with Crippen molar-refractivity contribution in [2.75, 3.05) is 18.8 Å². The zero-order chi connectivity index (χ0) is 11.5. The first-order valence-corrected chi connectivity index (χ1v) is 7.09. The maximum atomic E-state index is 11.9. The maximum absolute atomic E-state index is 11.9. The SMILES string of the molecule is CC(C)n1ncnc1CS(=O)CC1CNC1. The van der Waals surface area contributed by atoms with Crippen molar-refractivity contribution in [1.82, 2.24) is 20.1 Å². The van der Waals surface area contributed by atoms with Gasteiger partial charge in [0.1, 0.15) is 12.2 Å². The predicted molar refractivity (Wildman–Crippen MR) is 63.5 cm³/mol. The molecule has 1 aliphatic rings. The summed E-state index contributed by atoms with van der Waals surface area (Å²) < 4.78 is 13.7. The molecule has 1 aliphatic heterocycles. The summed E-state index contributed by atoms with van der Waals surface area (Å²) >= 11 is 0. The van der Waals surface area contributed by atoms with Crippen LogP contribution in [0, 0.1) is 5.92 Å². The van der Waals surface area contributed by atoms with Crippen molar-refractivity contribution in [1.29, 1.82) is 0 Å². The van der Waals surface area contributed by atoms with Gasteiger partial charge in [0.05, 0.1) is 5.75 Å². The average molecular weight is 242 g/mol. The van der Waals surface area contributed by atoms with Crippen LogP contribution in [-0.2, 0) is 16.6 Å². The second-order valence-corrected chi connectivity index (χ2v) is 5.99. The van der Waals surface area contributed by atoms with Gasteiger partial charge in [-0.3, -0.25) is 4.21 Å². The van der Waals surface area contributed by atoms with E-state index in [0.717, 1.165) is 24.7 Å². The van der Waals surface area contributed by atoms with E-state index in [2.05, 4.69) is 29.2 Å². The minimum absolute atomic E-state index is 0.278. The van der Waals surface area contributed by atoms with Gasteiger partial charge in [0.2, 0.25) is 0 Å². The summed E-state index contributed by atoms with van der Waals surface area (Å²) in [5, 5.41) is 7.33. The fourth-order valence-electron chi connectivity index (χ4n) is 1.74. The van der Waals surface area contributed by atoms with Crippen molar-refractivity contribution < 1.29 is 4.21 Å². The largest absolute Gasteiger partial charge is 0.316 e. The monoisotopic (exact) mass is 242 g/mol. The van der Waals surface area contributed by atoms with Crippen LogP contribution >= 0.6 is 0 Å². The third-order valence-electron chi connectivity index (χ3n) is 2.71. The van der Waals surface area contributed by atoms with Gasteiger partial charge in [-0.05, 0) is 19.8 Å². The third kappa shape index (κ3) is 2.68.